The van der Waals surface area contributed by atoms with E-state index >= 15 is 0 Å². The molecule has 8 heteroatoms. The van der Waals surface area contributed by atoms with E-state index in [0.717, 1.165) is 10.0 Å². The number of amides is 1. The molecule has 2 aromatic carbocycles. The third-order valence-corrected chi connectivity index (χ3v) is 5.35. The summed E-state index contributed by atoms with van der Waals surface area (Å²) in [5.74, 6) is 0.164. The third-order valence-electron chi connectivity index (χ3n) is 3.13. The molecule has 0 aliphatic heterocycles. The second kappa shape index (κ2) is 8.33. The molecule has 3 rings (SSSR count). The van der Waals surface area contributed by atoms with E-state index in [9.17, 15) is 4.79 Å². The number of thioether (sulfide) groups is 1. The Morgan fingerprint density at radius 3 is 2.72 bits per heavy atom. The van der Waals surface area contributed by atoms with Crippen LogP contribution in [0.4, 0.5) is 16.5 Å². The highest BCUT2D eigenvalue weighted by atomic mass is 35.5. The summed E-state index contributed by atoms with van der Waals surface area (Å²) in [6, 6.07) is 15.0. The van der Waals surface area contributed by atoms with Gasteiger partial charge in [0, 0.05) is 16.4 Å². The number of carbonyl (C=O) groups excluding carboxylic acids is 1. The minimum Gasteiger partial charge on any atom is -0.330 e. The molecule has 25 heavy (non-hydrogen) atoms. The van der Waals surface area contributed by atoms with Gasteiger partial charge in [0.05, 0.1) is 5.75 Å². The van der Waals surface area contributed by atoms with Crippen LogP contribution < -0.4 is 10.6 Å². The normalized spacial score (nSPS) is 10.5. The van der Waals surface area contributed by atoms with E-state index in [-0.39, 0.29) is 11.7 Å². The number of nitrogens with zero attached hydrogens (tertiary/aromatic N) is 2. The number of rotatable bonds is 6. The van der Waals surface area contributed by atoms with Gasteiger partial charge in [-0.05, 0) is 48.9 Å². The quantitative estimate of drug-likeness (QED) is 0.581. The zero-order valence-electron chi connectivity index (χ0n) is 13.3. The van der Waals surface area contributed by atoms with E-state index in [2.05, 4.69) is 20.8 Å². The zero-order chi connectivity index (χ0) is 17.6. The monoisotopic (exact) mass is 390 g/mol. The molecule has 0 saturated heterocycles. The molecule has 1 aromatic heterocycles. The number of aromatic nitrogens is 2. The minimum atomic E-state index is -0.101. The Kier molecular flexibility index (Phi) is 5.91. The second-order valence-electron chi connectivity index (χ2n) is 5.21. The highest BCUT2D eigenvalue weighted by Gasteiger charge is 2.09. The van der Waals surface area contributed by atoms with Gasteiger partial charge >= 0.3 is 0 Å². The summed E-state index contributed by atoms with van der Waals surface area (Å²) in [7, 11) is 0. The number of hydrogen-bond donors (Lipinski definition) is 2. The highest BCUT2D eigenvalue weighted by molar-refractivity contribution is 8.01. The summed E-state index contributed by atoms with van der Waals surface area (Å²) in [6.07, 6.45) is 0. The van der Waals surface area contributed by atoms with Gasteiger partial charge in [-0.1, -0.05) is 46.8 Å². The topological polar surface area (TPSA) is 66.9 Å². The van der Waals surface area contributed by atoms with E-state index in [4.69, 9.17) is 11.6 Å². The summed E-state index contributed by atoms with van der Waals surface area (Å²) < 4.78 is 0.737. The minimum absolute atomic E-state index is 0.101. The summed E-state index contributed by atoms with van der Waals surface area (Å²) >= 11 is 8.59. The molecular weight excluding hydrogens is 376 g/mol. The largest absolute Gasteiger partial charge is 0.330 e. The molecule has 1 heterocycles. The van der Waals surface area contributed by atoms with Crippen molar-refractivity contribution < 1.29 is 4.79 Å². The predicted molar refractivity (Wildman–Crippen MR) is 105 cm³/mol. The van der Waals surface area contributed by atoms with Crippen LogP contribution in [0.5, 0.6) is 0 Å². The zero-order valence-corrected chi connectivity index (χ0v) is 15.7. The molecule has 3 aromatic rings. The number of aryl methyl sites for hydroxylation is 1. The number of nitrogens with one attached hydrogen (secondary N) is 2. The number of carbonyl (C=O) groups is 1. The Morgan fingerprint density at radius 2 is 1.96 bits per heavy atom. The predicted octanol–water partition coefficient (Wildman–Crippen LogP) is 4.97. The van der Waals surface area contributed by atoms with Gasteiger partial charge in [0.2, 0.25) is 11.0 Å². The molecule has 5 nitrogen and oxygen atoms in total. The summed E-state index contributed by atoms with van der Waals surface area (Å²) in [5.41, 5.74) is 2.85. The number of hydrogen-bond acceptors (Lipinski definition) is 6. The van der Waals surface area contributed by atoms with Crippen LogP contribution in [-0.4, -0.2) is 21.9 Å². The third kappa shape index (κ3) is 5.45. The van der Waals surface area contributed by atoms with Crippen molar-refractivity contribution in [2.75, 3.05) is 16.4 Å². The lowest BCUT2D eigenvalue weighted by atomic mass is 10.2. The van der Waals surface area contributed by atoms with Crippen LogP contribution in [0.2, 0.25) is 5.02 Å². The maximum absolute atomic E-state index is 12.0. The molecule has 0 unspecified atom stereocenters. The van der Waals surface area contributed by atoms with E-state index in [1.165, 1.54) is 28.7 Å². The molecule has 0 fully saturated rings. The Balaban J connectivity index is 1.51. The van der Waals surface area contributed by atoms with Crippen molar-refractivity contribution in [2.45, 2.75) is 11.3 Å². The van der Waals surface area contributed by atoms with Crippen LogP contribution in [-0.2, 0) is 4.79 Å². The van der Waals surface area contributed by atoms with Gasteiger partial charge < -0.3 is 10.6 Å². The molecule has 2 N–H and O–H groups in total. The molecule has 0 saturated carbocycles. The van der Waals surface area contributed by atoms with E-state index < -0.39 is 0 Å². The van der Waals surface area contributed by atoms with Crippen molar-refractivity contribution in [2.24, 2.45) is 0 Å². The highest BCUT2D eigenvalue weighted by Crippen LogP contribution is 2.28. The lowest BCUT2D eigenvalue weighted by molar-refractivity contribution is -0.113. The van der Waals surface area contributed by atoms with Gasteiger partial charge in [-0.3, -0.25) is 4.79 Å². The average molecular weight is 391 g/mol. The first-order valence-corrected chi connectivity index (χ1v) is 9.62. The summed E-state index contributed by atoms with van der Waals surface area (Å²) in [5, 5.41) is 15.6. The molecule has 1 amide bonds. The van der Waals surface area contributed by atoms with Crippen molar-refractivity contribution in [3.05, 3.63) is 59.1 Å². The van der Waals surface area contributed by atoms with Gasteiger partial charge in [-0.2, -0.15) is 0 Å². The maximum atomic E-state index is 12.0. The van der Waals surface area contributed by atoms with Crippen LogP contribution in [0.1, 0.15) is 5.56 Å². The van der Waals surface area contributed by atoms with Crippen LogP contribution in [0.3, 0.4) is 0 Å². The fraction of sp³-hybridized carbons (Fsp3) is 0.118. The molecule has 0 atom stereocenters. The maximum Gasteiger partial charge on any atom is 0.234 e. The fourth-order valence-electron chi connectivity index (χ4n) is 2.02. The van der Waals surface area contributed by atoms with Crippen molar-refractivity contribution >= 4 is 57.1 Å². The average Bonchev–Trinajstić information content (AvgIpc) is 3.03. The molecule has 128 valence electrons. The van der Waals surface area contributed by atoms with Gasteiger partial charge in [-0.25, -0.2) is 0 Å². The molecule has 0 aliphatic carbocycles. The lowest BCUT2D eigenvalue weighted by Gasteiger charge is -2.03. The Hall–Kier alpha value is -2.09. The molecule has 0 radical (unpaired) electrons. The van der Waals surface area contributed by atoms with E-state index in [1.54, 1.807) is 24.3 Å². The number of halogens is 1. The summed E-state index contributed by atoms with van der Waals surface area (Å²) in [6.45, 7) is 2.03. The van der Waals surface area contributed by atoms with Gasteiger partial charge in [0.15, 0.2) is 4.34 Å². The SMILES string of the molecule is Cc1cccc(Nc2nnc(SCC(=O)Nc3ccc(Cl)cc3)s2)c1. The Morgan fingerprint density at radius 1 is 1.16 bits per heavy atom. The first-order chi connectivity index (χ1) is 12.1. The Labute approximate surface area is 158 Å². The van der Waals surface area contributed by atoms with Gasteiger partial charge in [0.1, 0.15) is 0 Å². The molecular formula is C17H15ClN4OS2. The number of benzene rings is 2. The standard InChI is InChI=1S/C17H15ClN4OS2/c1-11-3-2-4-14(9-11)20-16-21-22-17(25-16)24-10-15(23)19-13-7-5-12(18)6-8-13/h2-9H,10H2,1H3,(H,19,23)(H,20,21). The van der Waals surface area contributed by atoms with Gasteiger partial charge in [0.25, 0.3) is 0 Å². The van der Waals surface area contributed by atoms with Crippen LogP contribution in [0, 0.1) is 6.92 Å². The smallest absolute Gasteiger partial charge is 0.234 e. The second-order valence-corrected chi connectivity index (χ2v) is 7.85. The number of anilines is 3. The van der Waals surface area contributed by atoms with Gasteiger partial charge in [-0.15, -0.1) is 10.2 Å². The first kappa shape index (κ1) is 17.7. The first-order valence-electron chi connectivity index (χ1n) is 7.44. The van der Waals surface area contributed by atoms with Crippen molar-refractivity contribution in [3.8, 4) is 0 Å². The van der Waals surface area contributed by atoms with Crippen molar-refractivity contribution in [1.29, 1.82) is 0 Å². The summed E-state index contributed by atoms with van der Waals surface area (Å²) in [4.78, 5) is 12.0. The van der Waals surface area contributed by atoms with E-state index in [1.807, 2.05) is 31.2 Å². The fourth-order valence-corrected chi connectivity index (χ4v) is 3.72. The van der Waals surface area contributed by atoms with E-state index in [0.29, 0.717) is 15.8 Å². The van der Waals surface area contributed by atoms with Crippen LogP contribution >= 0.6 is 34.7 Å². The molecule has 0 spiro atoms. The van der Waals surface area contributed by atoms with Crippen LogP contribution in [0.15, 0.2) is 52.9 Å². The molecule has 0 bridgehead atoms. The molecule has 0 aliphatic rings. The lowest BCUT2D eigenvalue weighted by Crippen LogP contribution is -2.13. The van der Waals surface area contributed by atoms with Crippen molar-refractivity contribution in [1.82, 2.24) is 10.2 Å². The van der Waals surface area contributed by atoms with Crippen molar-refractivity contribution in [3.63, 3.8) is 0 Å². The Bertz CT molecular complexity index is 867. The van der Waals surface area contributed by atoms with Crippen LogP contribution in [0.25, 0.3) is 0 Å².